The smallest absolute Gasteiger partial charge is 0.0456 e. The molecule has 116 valence electrons. The zero-order valence-corrected chi connectivity index (χ0v) is 13.5. The van der Waals surface area contributed by atoms with Gasteiger partial charge in [0.15, 0.2) is 0 Å². The molecule has 1 fully saturated rings. The summed E-state index contributed by atoms with van der Waals surface area (Å²) in [4.78, 5) is 6.14. The second-order valence-electron chi connectivity index (χ2n) is 7.02. The molecule has 2 heteroatoms. The molecule has 3 atom stereocenters. The van der Waals surface area contributed by atoms with Crippen LogP contribution in [0, 0.1) is 11.8 Å². The molecule has 0 saturated carbocycles. The van der Waals surface area contributed by atoms with E-state index in [1.165, 1.54) is 48.8 Å². The van der Waals surface area contributed by atoms with Crippen molar-refractivity contribution < 1.29 is 0 Å². The van der Waals surface area contributed by atoms with Crippen LogP contribution in [0.3, 0.4) is 0 Å². The molecule has 3 unspecified atom stereocenters. The van der Waals surface area contributed by atoms with Gasteiger partial charge in [-0.1, -0.05) is 43.7 Å². The first kappa shape index (κ1) is 14.1. The highest BCUT2D eigenvalue weighted by Gasteiger charge is 2.36. The summed E-state index contributed by atoms with van der Waals surface area (Å²) >= 11 is 0. The molecule has 1 aromatic carbocycles. The molecule has 2 aromatic rings. The first-order valence-corrected chi connectivity index (χ1v) is 8.82. The quantitative estimate of drug-likeness (QED) is 0.810. The molecule has 5 rings (SSSR count). The molecule has 3 aliphatic rings. The van der Waals surface area contributed by atoms with E-state index in [1.54, 1.807) is 0 Å². The van der Waals surface area contributed by atoms with Crippen LogP contribution in [0.2, 0.25) is 0 Å². The van der Waals surface area contributed by atoms with E-state index in [0.717, 1.165) is 18.3 Å². The van der Waals surface area contributed by atoms with E-state index in [1.807, 2.05) is 0 Å². The lowest BCUT2D eigenvalue weighted by atomic mass is 9.75. The number of para-hydroxylation sites is 1. The van der Waals surface area contributed by atoms with Crippen molar-refractivity contribution in [3.05, 3.63) is 48.2 Å². The Balaban J connectivity index is 1.46. The second kappa shape index (κ2) is 5.92. The summed E-state index contributed by atoms with van der Waals surface area (Å²) in [6.45, 7) is 4.78. The first-order chi connectivity index (χ1) is 10.8. The maximum atomic E-state index is 3.41. The van der Waals surface area contributed by atoms with Gasteiger partial charge in [-0.15, -0.1) is 0 Å². The van der Waals surface area contributed by atoms with Gasteiger partial charge < -0.3 is 4.98 Å². The number of hydrogen-bond acceptors (Lipinski definition) is 1. The fraction of sp³-hybridized carbons (Fsp3) is 0.500. The summed E-state index contributed by atoms with van der Waals surface area (Å²) in [5.41, 5.74) is 2.73. The fourth-order valence-electron chi connectivity index (χ4n) is 4.52. The number of aromatic nitrogens is 1. The summed E-state index contributed by atoms with van der Waals surface area (Å²) < 4.78 is 0. The fourth-order valence-corrected chi connectivity index (χ4v) is 4.52. The van der Waals surface area contributed by atoms with E-state index in [0.29, 0.717) is 6.04 Å². The minimum absolute atomic E-state index is 0.690. The molecule has 2 aliphatic heterocycles. The lowest BCUT2D eigenvalue weighted by Crippen LogP contribution is -2.50. The molecule has 1 aliphatic carbocycles. The van der Waals surface area contributed by atoms with Gasteiger partial charge in [-0.05, 0) is 42.7 Å². The van der Waals surface area contributed by atoms with Crippen molar-refractivity contribution in [1.29, 1.82) is 0 Å². The number of piperidine rings is 1. The Morgan fingerprint density at radius 3 is 3.00 bits per heavy atom. The van der Waals surface area contributed by atoms with Gasteiger partial charge in [0.05, 0.1) is 0 Å². The normalized spacial score (nSPS) is 27.8. The monoisotopic (exact) mass is 294 g/mol. The van der Waals surface area contributed by atoms with E-state index in [4.69, 9.17) is 0 Å². The molecular weight excluding hydrogens is 268 g/mol. The van der Waals surface area contributed by atoms with Crippen molar-refractivity contribution in [3.8, 4) is 0 Å². The second-order valence-corrected chi connectivity index (χ2v) is 7.02. The number of fused-ring (bicyclic) bond motifs is 3. The van der Waals surface area contributed by atoms with Crippen molar-refractivity contribution >= 4 is 10.9 Å². The van der Waals surface area contributed by atoms with Gasteiger partial charge in [-0.2, -0.15) is 0 Å². The van der Waals surface area contributed by atoms with Gasteiger partial charge in [0.25, 0.3) is 0 Å². The van der Waals surface area contributed by atoms with Crippen molar-refractivity contribution in [3.63, 3.8) is 0 Å². The highest BCUT2D eigenvalue weighted by Crippen LogP contribution is 2.36. The average Bonchev–Trinajstić information content (AvgIpc) is 2.97. The molecule has 3 heterocycles. The zero-order valence-electron chi connectivity index (χ0n) is 13.5. The van der Waals surface area contributed by atoms with Crippen molar-refractivity contribution in [2.45, 2.75) is 38.6 Å². The number of hydrogen-bond donors (Lipinski definition) is 1. The van der Waals surface area contributed by atoms with Crippen LogP contribution in [0.15, 0.2) is 42.6 Å². The summed E-state index contributed by atoms with van der Waals surface area (Å²) in [5, 5.41) is 1.39. The van der Waals surface area contributed by atoms with Gasteiger partial charge in [0, 0.05) is 36.2 Å². The van der Waals surface area contributed by atoms with Crippen LogP contribution in [-0.4, -0.2) is 29.0 Å². The summed E-state index contributed by atoms with van der Waals surface area (Å²) in [5.74, 6) is 1.68. The maximum absolute atomic E-state index is 3.41. The van der Waals surface area contributed by atoms with Crippen LogP contribution < -0.4 is 0 Å². The standard InChI is InChI=1S/C20H26N2/c1-2-5-16-12-15-8-9-20(16)22(14-15)11-10-17-13-21-19-7-4-3-6-18(17)19/h3-4,6-9,13,15-16,20-21H,2,5,10-12,14H2,1H3. The van der Waals surface area contributed by atoms with Crippen molar-refractivity contribution in [2.24, 2.45) is 11.8 Å². The van der Waals surface area contributed by atoms with Crippen LogP contribution in [0.1, 0.15) is 31.7 Å². The first-order valence-electron chi connectivity index (χ1n) is 8.82. The van der Waals surface area contributed by atoms with Crippen molar-refractivity contribution in [2.75, 3.05) is 13.1 Å². The van der Waals surface area contributed by atoms with Crippen LogP contribution >= 0.6 is 0 Å². The van der Waals surface area contributed by atoms with Crippen LogP contribution in [0.4, 0.5) is 0 Å². The van der Waals surface area contributed by atoms with Gasteiger partial charge in [0.1, 0.15) is 0 Å². The molecule has 0 radical (unpaired) electrons. The molecule has 1 N–H and O–H groups in total. The number of nitrogens with one attached hydrogen (secondary N) is 1. The number of benzene rings is 1. The summed E-state index contributed by atoms with van der Waals surface area (Å²) in [7, 11) is 0. The third-order valence-electron chi connectivity index (χ3n) is 5.56. The van der Waals surface area contributed by atoms with E-state index < -0.39 is 0 Å². The third kappa shape index (κ3) is 2.50. The maximum Gasteiger partial charge on any atom is 0.0456 e. The van der Waals surface area contributed by atoms with Gasteiger partial charge in [0.2, 0.25) is 0 Å². The zero-order chi connectivity index (χ0) is 14.9. The highest BCUT2D eigenvalue weighted by atomic mass is 15.2. The number of aromatic amines is 1. The van der Waals surface area contributed by atoms with Crippen LogP contribution in [-0.2, 0) is 6.42 Å². The van der Waals surface area contributed by atoms with Crippen molar-refractivity contribution in [1.82, 2.24) is 9.88 Å². The molecular formula is C20H26N2. The molecule has 2 nitrogen and oxygen atoms in total. The Bertz CT molecular complexity index is 669. The van der Waals surface area contributed by atoms with Crippen LogP contribution in [0.25, 0.3) is 10.9 Å². The highest BCUT2D eigenvalue weighted by molar-refractivity contribution is 5.83. The predicted octanol–water partition coefficient (Wildman–Crippen LogP) is 4.39. The Morgan fingerprint density at radius 2 is 2.14 bits per heavy atom. The number of H-pyrrole nitrogens is 1. The Hall–Kier alpha value is -1.54. The summed E-state index contributed by atoms with van der Waals surface area (Å²) in [6, 6.07) is 9.34. The van der Waals surface area contributed by atoms with E-state index in [-0.39, 0.29) is 0 Å². The van der Waals surface area contributed by atoms with E-state index in [9.17, 15) is 0 Å². The van der Waals surface area contributed by atoms with E-state index >= 15 is 0 Å². The average molecular weight is 294 g/mol. The minimum atomic E-state index is 0.690. The van der Waals surface area contributed by atoms with Crippen LogP contribution in [0.5, 0.6) is 0 Å². The molecule has 2 bridgehead atoms. The predicted molar refractivity (Wildman–Crippen MR) is 93.0 cm³/mol. The van der Waals surface area contributed by atoms with E-state index in [2.05, 4.69) is 59.4 Å². The largest absolute Gasteiger partial charge is 0.361 e. The minimum Gasteiger partial charge on any atom is -0.361 e. The molecule has 1 saturated heterocycles. The lowest BCUT2D eigenvalue weighted by molar-refractivity contribution is 0.0798. The Labute approximate surface area is 133 Å². The Kier molecular flexibility index (Phi) is 3.79. The molecule has 0 amide bonds. The van der Waals surface area contributed by atoms with Gasteiger partial charge in [-0.3, -0.25) is 4.90 Å². The van der Waals surface area contributed by atoms with Gasteiger partial charge >= 0.3 is 0 Å². The SMILES string of the molecule is CCCC1CC2C=CC1N(CCc1c[nH]c3ccccc13)C2. The number of rotatable bonds is 5. The number of nitrogens with zero attached hydrogens (tertiary/aromatic N) is 1. The molecule has 1 aromatic heterocycles. The Morgan fingerprint density at radius 1 is 1.23 bits per heavy atom. The topological polar surface area (TPSA) is 19.0 Å². The molecule has 22 heavy (non-hydrogen) atoms. The summed E-state index contributed by atoms with van der Waals surface area (Å²) in [6.07, 6.45) is 12.4. The third-order valence-corrected chi connectivity index (χ3v) is 5.56. The van der Waals surface area contributed by atoms with Gasteiger partial charge in [-0.25, -0.2) is 0 Å². The molecule has 0 spiro atoms. The lowest BCUT2D eigenvalue weighted by Gasteiger charge is -2.46.